The largest absolute Gasteiger partial charge is 0.481 e. The Labute approximate surface area is 131 Å². The van der Waals surface area contributed by atoms with E-state index < -0.39 is 16.8 Å². The Hall–Kier alpha value is -1.84. The lowest BCUT2D eigenvalue weighted by Crippen LogP contribution is -2.45. The molecule has 0 aromatic heterocycles. The summed E-state index contributed by atoms with van der Waals surface area (Å²) < 4.78 is 0. The Kier molecular flexibility index (Phi) is 4.32. The molecule has 120 valence electrons. The van der Waals surface area contributed by atoms with Gasteiger partial charge in [0.1, 0.15) is 0 Å². The molecule has 0 saturated heterocycles. The average molecular weight is 303 g/mol. The van der Waals surface area contributed by atoms with Gasteiger partial charge >= 0.3 is 5.97 Å². The van der Waals surface area contributed by atoms with E-state index in [1.54, 1.807) is 6.92 Å². The molecule has 4 heteroatoms. The molecule has 1 aromatic carbocycles. The summed E-state index contributed by atoms with van der Waals surface area (Å²) in [6.07, 6.45) is 1.15. The first-order chi connectivity index (χ1) is 10.2. The van der Waals surface area contributed by atoms with E-state index >= 15 is 0 Å². The molecule has 1 aliphatic rings. The van der Waals surface area contributed by atoms with Gasteiger partial charge in [-0.2, -0.15) is 0 Å². The molecular formula is C18H25NO3. The summed E-state index contributed by atoms with van der Waals surface area (Å²) >= 11 is 0. The predicted molar refractivity (Wildman–Crippen MR) is 85.2 cm³/mol. The second-order valence-corrected chi connectivity index (χ2v) is 7.09. The summed E-state index contributed by atoms with van der Waals surface area (Å²) in [6.45, 7) is 7.49. The van der Waals surface area contributed by atoms with Crippen molar-refractivity contribution in [2.75, 3.05) is 0 Å². The molecule has 1 aromatic rings. The van der Waals surface area contributed by atoms with Crippen molar-refractivity contribution >= 4 is 11.9 Å². The number of hydrogen-bond acceptors (Lipinski definition) is 2. The van der Waals surface area contributed by atoms with Crippen LogP contribution in [0.2, 0.25) is 0 Å². The quantitative estimate of drug-likeness (QED) is 0.896. The van der Waals surface area contributed by atoms with Crippen molar-refractivity contribution in [2.45, 2.75) is 46.6 Å². The minimum absolute atomic E-state index is 0.0497. The van der Waals surface area contributed by atoms with Gasteiger partial charge in [0.2, 0.25) is 5.91 Å². The second-order valence-electron chi connectivity index (χ2n) is 7.09. The van der Waals surface area contributed by atoms with Crippen LogP contribution in [0.25, 0.3) is 0 Å². The first kappa shape index (κ1) is 16.5. The van der Waals surface area contributed by atoms with Crippen molar-refractivity contribution in [3.05, 3.63) is 35.9 Å². The topological polar surface area (TPSA) is 66.4 Å². The first-order valence-corrected chi connectivity index (χ1v) is 7.79. The van der Waals surface area contributed by atoms with Crippen LogP contribution in [0.1, 0.15) is 52.1 Å². The van der Waals surface area contributed by atoms with Gasteiger partial charge in [-0.15, -0.1) is 0 Å². The number of aliphatic carboxylic acids is 1. The van der Waals surface area contributed by atoms with Gasteiger partial charge in [0, 0.05) is 5.92 Å². The number of rotatable bonds is 4. The summed E-state index contributed by atoms with van der Waals surface area (Å²) in [5.41, 5.74) is -0.378. The maximum absolute atomic E-state index is 12.7. The number of carboxylic acids is 1. The van der Waals surface area contributed by atoms with Crippen LogP contribution in [-0.2, 0) is 9.59 Å². The molecule has 1 saturated carbocycles. The molecule has 1 fully saturated rings. The predicted octanol–water partition coefficient (Wildman–Crippen LogP) is 3.39. The standard InChI is InChI=1S/C18H25NO3/c1-12(13-8-6-5-7-9-13)19-15(20)14-10-11-18(4,16(21)22)17(14,2)3/h5-9,12,14H,10-11H2,1-4H3,(H,19,20)(H,21,22)/t12-,14+,18-/m0/s1. The van der Waals surface area contributed by atoms with Crippen molar-refractivity contribution in [1.29, 1.82) is 0 Å². The van der Waals surface area contributed by atoms with Crippen molar-refractivity contribution in [1.82, 2.24) is 5.32 Å². The minimum Gasteiger partial charge on any atom is -0.481 e. The number of hydrogen-bond donors (Lipinski definition) is 2. The summed E-state index contributed by atoms with van der Waals surface area (Å²) in [5.74, 6) is -1.14. The summed E-state index contributed by atoms with van der Waals surface area (Å²) in [5, 5.41) is 12.6. The highest BCUT2D eigenvalue weighted by Crippen LogP contribution is 2.56. The molecule has 22 heavy (non-hydrogen) atoms. The van der Waals surface area contributed by atoms with E-state index in [0.29, 0.717) is 12.8 Å². The number of carbonyl (C=O) groups is 2. The van der Waals surface area contributed by atoms with E-state index in [0.717, 1.165) is 5.56 Å². The minimum atomic E-state index is -0.856. The average Bonchev–Trinajstić information content (AvgIpc) is 2.71. The normalized spacial score (nSPS) is 28.1. The number of carboxylic acid groups (broad SMARTS) is 1. The molecule has 1 aliphatic carbocycles. The molecule has 0 spiro atoms. The van der Waals surface area contributed by atoms with Gasteiger partial charge in [-0.05, 0) is 37.7 Å². The van der Waals surface area contributed by atoms with Gasteiger partial charge in [0.15, 0.2) is 0 Å². The Morgan fingerprint density at radius 1 is 1.23 bits per heavy atom. The van der Waals surface area contributed by atoms with Crippen LogP contribution in [0.15, 0.2) is 30.3 Å². The highest BCUT2D eigenvalue weighted by Gasteiger charge is 2.58. The summed E-state index contributed by atoms with van der Waals surface area (Å²) in [7, 11) is 0. The van der Waals surface area contributed by atoms with Gasteiger partial charge in [-0.3, -0.25) is 9.59 Å². The third-order valence-corrected chi connectivity index (χ3v) is 5.67. The molecule has 0 bridgehead atoms. The first-order valence-electron chi connectivity index (χ1n) is 7.79. The van der Waals surface area contributed by atoms with Gasteiger partial charge in [0.25, 0.3) is 0 Å². The monoisotopic (exact) mass is 303 g/mol. The Morgan fingerprint density at radius 3 is 2.32 bits per heavy atom. The van der Waals surface area contributed by atoms with Crippen LogP contribution in [0.4, 0.5) is 0 Å². The molecule has 0 unspecified atom stereocenters. The molecule has 1 amide bonds. The highest BCUT2D eigenvalue weighted by atomic mass is 16.4. The zero-order valence-corrected chi connectivity index (χ0v) is 13.7. The lowest BCUT2D eigenvalue weighted by Gasteiger charge is -2.38. The molecule has 2 N–H and O–H groups in total. The third kappa shape index (κ3) is 2.62. The van der Waals surface area contributed by atoms with E-state index in [9.17, 15) is 14.7 Å². The zero-order valence-electron chi connectivity index (χ0n) is 13.7. The van der Waals surface area contributed by atoms with Crippen LogP contribution in [0.3, 0.4) is 0 Å². The number of carbonyl (C=O) groups excluding carboxylic acids is 1. The third-order valence-electron chi connectivity index (χ3n) is 5.67. The van der Waals surface area contributed by atoms with Crippen molar-refractivity contribution in [3.63, 3.8) is 0 Å². The molecule has 3 atom stereocenters. The van der Waals surface area contributed by atoms with Crippen LogP contribution < -0.4 is 5.32 Å². The number of amides is 1. The van der Waals surface area contributed by atoms with E-state index in [1.165, 1.54) is 0 Å². The summed E-state index contributed by atoms with van der Waals surface area (Å²) in [4.78, 5) is 24.3. The van der Waals surface area contributed by atoms with Crippen molar-refractivity contribution in [2.24, 2.45) is 16.7 Å². The number of nitrogens with one attached hydrogen (secondary N) is 1. The summed E-state index contributed by atoms with van der Waals surface area (Å²) in [6, 6.07) is 9.70. The van der Waals surface area contributed by atoms with Crippen LogP contribution in [-0.4, -0.2) is 17.0 Å². The fraction of sp³-hybridized carbons (Fsp3) is 0.556. The molecule has 0 heterocycles. The van der Waals surface area contributed by atoms with E-state index in [2.05, 4.69) is 5.32 Å². The van der Waals surface area contributed by atoms with Crippen LogP contribution in [0, 0.1) is 16.7 Å². The Bertz CT molecular complexity index is 567. The van der Waals surface area contributed by atoms with Crippen molar-refractivity contribution < 1.29 is 14.7 Å². The maximum Gasteiger partial charge on any atom is 0.309 e. The fourth-order valence-corrected chi connectivity index (χ4v) is 3.48. The van der Waals surface area contributed by atoms with E-state index in [4.69, 9.17) is 0 Å². The van der Waals surface area contributed by atoms with Crippen LogP contribution in [0.5, 0.6) is 0 Å². The fourth-order valence-electron chi connectivity index (χ4n) is 3.48. The zero-order chi connectivity index (χ0) is 16.5. The lowest BCUT2D eigenvalue weighted by atomic mass is 9.65. The smallest absolute Gasteiger partial charge is 0.309 e. The molecule has 2 rings (SSSR count). The van der Waals surface area contributed by atoms with Gasteiger partial charge in [-0.1, -0.05) is 44.2 Å². The van der Waals surface area contributed by atoms with Crippen molar-refractivity contribution in [3.8, 4) is 0 Å². The van der Waals surface area contributed by atoms with Gasteiger partial charge < -0.3 is 10.4 Å². The second kappa shape index (κ2) is 5.75. The Balaban J connectivity index is 2.13. The molecule has 0 radical (unpaired) electrons. The van der Waals surface area contributed by atoms with Crippen LogP contribution >= 0.6 is 0 Å². The molecule has 0 aliphatic heterocycles. The Morgan fingerprint density at radius 2 is 1.82 bits per heavy atom. The molecular weight excluding hydrogens is 278 g/mol. The maximum atomic E-state index is 12.7. The molecule has 4 nitrogen and oxygen atoms in total. The highest BCUT2D eigenvalue weighted by molar-refractivity contribution is 5.84. The van der Waals surface area contributed by atoms with Gasteiger partial charge in [-0.25, -0.2) is 0 Å². The lowest BCUT2D eigenvalue weighted by molar-refractivity contribution is -0.155. The SMILES string of the molecule is C[C@H](NC(=O)[C@H]1CC[C@@](C)(C(=O)O)C1(C)C)c1ccccc1. The van der Waals surface area contributed by atoms with Gasteiger partial charge in [0.05, 0.1) is 11.5 Å². The van der Waals surface area contributed by atoms with E-state index in [1.807, 2.05) is 51.1 Å². The van der Waals surface area contributed by atoms with E-state index in [-0.39, 0.29) is 17.9 Å². The number of benzene rings is 1.